The van der Waals surface area contributed by atoms with Gasteiger partial charge in [-0.15, -0.1) is 0 Å². The van der Waals surface area contributed by atoms with Crippen molar-refractivity contribution in [1.82, 2.24) is 9.55 Å². The largest absolute Gasteiger partial charge is 0.369 e. The second-order valence-electron chi connectivity index (χ2n) is 5.36. The standard InChI is InChI=1S/C17H18N4O/c1-11-7-9-13(10-8-11)19-16(22)12(2)21-15-6-4-3-5-14(15)20-17(21)18/h3-10,12H,1-2H3,(H2,18,20)(H,19,22). The van der Waals surface area contributed by atoms with Crippen LogP contribution in [0.1, 0.15) is 18.5 Å². The van der Waals surface area contributed by atoms with Crippen LogP contribution in [0.25, 0.3) is 11.0 Å². The number of anilines is 2. The van der Waals surface area contributed by atoms with Crippen molar-refractivity contribution < 1.29 is 4.79 Å². The average molecular weight is 294 g/mol. The molecule has 1 amide bonds. The topological polar surface area (TPSA) is 72.9 Å². The molecular weight excluding hydrogens is 276 g/mol. The second kappa shape index (κ2) is 5.52. The van der Waals surface area contributed by atoms with E-state index in [0.717, 1.165) is 22.3 Å². The summed E-state index contributed by atoms with van der Waals surface area (Å²) in [6.07, 6.45) is 0. The van der Waals surface area contributed by atoms with Crippen LogP contribution in [0.15, 0.2) is 48.5 Å². The minimum Gasteiger partial charge on any atom is -0.369 e. The van der Waals surface area contributed by atoms with Crippen LogP contribution in [0.3, 0.4) is 0 Å². The Hall–Kier alpha value is -2.82. The first-order valence-electron chi connectivity index (χ1n) is 7.16. The lowest BCUT2D eigenvalue weighted by atomic mass is 10.2. The lowest BCUT2D eigenvalue weighted by Gasteiger charge is -2.16. The molecule has 0 aliphatic heterocycles. The third kappa shape index (κ3) is 2.53. The molecule has 1 atom stereocenters. The van der Waals surface area contributed by atoms with E-state index >= 15 is 0 Å². The number of nitrogens with two attached hydrogens (primary N) is 1. The summed E-state index contributed by atoms with van der Waals surface area (Å²) in [6, 6.07) is 14.8. The van der Waals surface area contributed by atoms with E-state index in [1.54, 1.807) is 4.57 Å². The number of aryl methyl sites for hydroxylation is 1. The number of carbonyl (C=O) groups excluding carboxylic acids is 1. The van der Waals surface area contributed by atoms with Crippen molar-refractivity contribution in [2.24, 2.45) is 0 Å². The molecular formula is C17H18N4O. The SMILES string of the molecule is Cc1ccc(NC(=O)C(C)n2c(N)nc3ccccc32)cc1. The third-order valence-electron chi connectivity index (χ3n) is 3.71. The van der Waals surface area contributed by atoms with Crippen LogP contribution in [0, 0.1) is 6.92 Å². The molecule has 5 heteroatoms. The number of carbonyl (C=O) groups is 1. The number of aromatic nitrogens is 2. The lowest BCUT2D eigenvalue weighted by Crippen LogP contribution is -2.24. The van der Waals surface area contributed by atoms with Gasteiger partial charge in [-0.05, 0) is 38.1 Å². The summed E-state index contributed by atoms with van der Waals surface area (Å²) in [6.45, 7) is 3.82. The second-order valence-corrected chi connectivity index (χ2v) is 5.36. The van der Waals surface area contributed by atoms with Gasteiger partial charge in [0.25, 0.3) is 0 Å². The zero-order valence-corrected chi connectivity index (χ0v) is 12.6. The third-order valence-corrected chi connectivity index (χ3v) is 3.71. The Morgan fingerprint density at radius 1 is 1.18 bits per heavy atom. The number of imidazole rings is 1. The van der Waals surface area contributed by atoms with E-state index in [4.69, 9.17) is 5.73 Å². The number of hydrogen-bond acceptors (Lipinski definition) is 3. The summed E-state index contributed by atoms with van der Waals surface area (Å²) < 4.78 is 1.75. The molecule has 22 heavy (non-hydrogen) atoms. The Kier molecular flexibility index (Phi) is 3.55. The number of para-hydroxylation sites is 2. The molecule has 1 unspecified atom stereocenters. The summed E-state index contributed by atoms with van der Waals surface area (Å²) >= 11 is 0. The van der Waals surface area contributed by atoms with E-state index in [-0.39, 0.29) is 5.91 Å². The molecule has 0 spiro atoms. The number of nitrogens with one attached hydrogen (secondary N) is 1. The van der Waals surface area contributed by atoms with Crippen molar-refractivity contribution in [3.63, 3.8) is 0 Å². The number of hydrogen-bond donors (Lipinski definition) is 2. The van der Waals surface area contributed by atoms with E-state index in [1.807, 2.05) is 62.4 Å². The van der Waals surface area contributed by atoms with Crippen LogP contribution in [-0.4, -0.2) is 15.5 Å². The monoisotopic (exact) mass is 294 g/mol. The first kappa shape index (κ1) is 14.1. The van der Waals surface area contributed by atoms with E-state index in [1.165, 1.54) is 0 Å². The highest BCUT2D eigenvalue weighted by Gasteiger charge is 2.20. The maximum Gasteiger partial charge on any atom is 0.247 e. The molecule has 5 nitrogen and oxygen atoms in total. The summed E-state index contributed by atoms with van der Waals surface area (Å²) in [5.74, 6) is 0.214. The Morgan fingerprint density at radius 2 is 1.86 bits per heavy atom. The normalized spacial score (nSPS) is 12.3. The van der Waals surface area contributed by atoms with Crippen molar-refractivity contribution in [1.29, 1.82) is 0 Å². The van der Waals surface area contributed by atoms with Crippen LogP contribution in [-0.2, 0) is 4.79 Å². The minimum absolute atomic E-state index is 0.126. The summed E-state index contributed by atoms with van der Waals surface area (Å²) in [5.41, 5.74) is 9.54. The van der Waals surface area contributed by atoms with Crippen LogP contribution in [0.2, 0.25) is 0 Å². The zero-order chi connectivity index (χ0) is 15.7. The van der Waals surface area contributed by atoms with Crippen molar-refractivity contribution in [3.8, 4) is 0 Å². The van der Waals surface area contributed by atoms with Crippen LogP contribution in [0.5, 0.6) is 0 Å². The number of nitrogens with zero attached hydrogens (tertiary/aromatic N) is 2. The molecule has 0 radical (unpaired) electrons. The van der Waals surface area contributed by atoms with Crippen molar-refractivity contribution >= 4 is 28.6 Å². The van der Waals surface area contributed by atoms with Gasteiger partial charge in [-0.25, -0.2) is 4.98 Å². The Balaban J connectivity index is 1.88. The Labute approximate surface area is 128 Å². The van der Waals surface area contributed by atoms with Gasteiger partial charge in [-0.3, -0.25) is 9.36 Å². The Morgan fingerprint density at radius 3 is 2.59 bits per heavy atom. The molecule has 0 aliphatic carbocycles. The van der Waals surface area contributed by atoms with Gasteiger partial charge >= 0.3 is 0 Å². The molecule has 1 heterocycles. The molecule has 0 aliphatic rings. The molecule has 3 aromatic rings. The molecule has 0 saturated heterocycles. The van der Waals surface area contributed by atoms with E-state index in [0.29, 0.717) is 5.95 Å². The Bertz CT molecular complexity index is 820. The average Bonchev–Trinajstić information content (AvgIpc) is 2.84. The van der Waals surface area contributed by atoms with Crippen LogP contribution in [0.4, 0.5) is 11.6 Å². The molecule has 0 fully saturated rings. The van der Waals surface area contributed by atoms with Gasteiger partial charge in [0, 0.05) is 5.69 Å². The molecule has 0 saturated carbocycles. The number of rotatable bonds is 3. The number of fused-ring (bicyclic) bond motifs is 1. The van der Waals surface area contributed by atoms with Gasteiger partial charge in [-0.1, -0.05) is 29.8 Å². The van der Waals surface area contributed by atoms with Crippen molar-refractivity contribution in [2.45, 2.75) is 19.9 Å². The van der Waals surface area contributed by atoms with Crippen molar-refractivity contribution in [3.05, 3.63) is 54.1 Å². The first-order valence-corrected chi connectivity index (χ1v) is 7.16. The summed E-state index contributed by atoms with van der Waals surface area (Å²) in [5, 5.41) is 2.91. The van der Waals surface area contributed by atoms with Gasteiger partial charge in [0.15, 0.2) is 0 Å². The lowest BCUT2D eigenvalue weighted by molar-refractivity contribution is -0.118. The van der Waals surface area contributed by atoms with Crippen LogP contribution >= 0.6 is 0 Å². The molecule has 0 bridgehead atoms. The first-order chi connectivity index (χ1) is 10.6. The highest BCUT2D eigenvalue weighted by molar-refractivity contribution is 5.95. The van der Waals surface area contributed by atoms with Gasteiger partial charge < -0.3 is 11.1 Å². The molecule has 112 valence electrons. The van der Waals surface area contributed by atoms with Gasteiger partial charge in [-0.2, -0.15) is 0 Å². The number of benzene rings is 2. The molecule has 2 aromatic carbocycles. The highest BCUT2D eigenvalue weighted by atomic mass is 16.2. The van der Waals surface area contributed by atoms with Crippen LogP contribution < -0.4 is 11.1 Å². The highest BCUT2D eigenvalue weighted by Crippen LogP contribution is 2.23. The van der Waals surface area contributed by atoms with E-state index in [2.05, 4.69) is 10.3 Å². The smallest absolute Gasteiger partial charge is 0.247 e. The van der Waals surface area contributed by atoms with Gasteiger partial charge in [0.2, 0.25) is 11.9 Å². The summed E-state index contributed by atoms with van der Waals surface area (Å²) in [4.78, 5) is 16.8. The quantitative estimate of drug-likeness (QED) is 0.779. The van der Waals surface area contributed by atoms with Gasteiger partial charge in [0.05, 0.1) is 11.0 Å². The van der Waals surface area contributed by atoms with E-state index in [9.17, 15) is 4.79 Å². The predicted molar refractivity (Wildman–Crippen MR) is 88.7 cm³/mol. The maximum atomic E-state index is 12.5. The number of nitrogen functional groups attached to an aromatic ring is 1. The summed E-state index contributed by atoms with van der Waals surface area (Å²) in [7, 11) is 0. The zero-order valence-electron chi connectivity index (χ0n) is 12.6. The maximum absolute atomic E-state index is 12.5. The predicted octanol–water partition coefficient (Wildman–Crippen LogP) is 3.13. The number of amides is 1. The minimum atomic E-state index is -0.450. The fraction of sp³-hybridized carbons (Fsp3) is 0.176. The fourth-order valence-electron chi connectivity index (χ4n) is 2.47. The van der Waals surface area contributed by atoms with E-state index < -0.39 is 6.04 Å². The molecule has 1 aromatic heterocycles. The van der Waals surface area contributed by atoms with Crippen molar-refractivity contribution in [2.75, 3.05) is 11.1 Å². The van der Waals surface area contributed by atoms with Gasteiger partial charge in [0.1, 0.15) is 6.04 Å². The molecule has 3 N–H and O–H groups in total. The fourth-order valence-corrected chi connectivity index (χ4v) is 2.47. The molecule has 3 rings (SSSR count).